The number of hydrogen-bond acceptors (Lipinski definition) is 4. The largest absolute Gasteiger partial charge is 0.463 e. The Labute approximate surface area is 159 Å². The fourth-order valence-corrected chi connectivity index (χ4v) is 2.36. The summed E-state index contributed by atoms with van der Waals surface area (Å²) in [7, 11) is 0. The first-order valence-electron chi connectivity index (χ1n) is 8.02. The van der Waals surface area contributed by atoms with E-state index in [-0.39, 0.29) is 5.88 Å². The Morgan fingerprint density at radius 3 is 2.44 bits per heavy atom. The molecular weight excluding hydrogens is 373 g/mol. The van der Waals surface area contributed by atoms with E-state index in [2.05, 4.69) is 10.4 Å². The molecule has 0 saturated carbocycles. The molecule has 27 heavy (non-hydrogen) atoms. The van der Waals surface area contributed by atoms with Crippen molar-refractivity contribution in [1.82, 2.24) is 9.78 Å². The number of aromatic nitrogens is 2. The number of anilines is 1. The van der Waals surface area contributed by atoms with Crippen LogP contribution in [0.25, 0.3) is 5.69 Å². The first-order valence-corrected chi connectivity index (χ1v) is 8.39. The maximum Gasteiger partial charge on any atom is 0.271 e. The van der Waals surface area contributed by atoms with E-state index in [9.17, 15) is 14.0 Å². The van der Waals surface area contributed by atoms with Gasteiger partial charge in [0.25, 0.3) is 11.5 Å². The van der Waals surface area contributed by atoms with E-state index in [4.69, 9.17) is 16.3 Å². The van der Waals surface area contributed by atoms with Gasteiger partial charge in [-0.25, -0.2) is 4.39 Å². The number of amides is 1. The molecule has 2 aromatic carbocycles. The summed E-state index contributed by atoms with van der Waals surface area (Å²) in [6.07, 6.45) is -0.868. The molecule has 1 atom stereocenters. The van der Waals surface area contributed by atoms with Crippen LogP contribution in [0.4, 0.5) is 10.1 Å². The van der Waals surface area contributed by atoms with E-state index in [1.54, 1.807) is 31.2 Å². The second-order valence-electron chi connectivity index (χ2n) is 5.65. The molecule has 0 saturated heterocycles. The van der Waals surface area contributed by atoms with Gasteiger partial charge in [0.2, 0.25) is 5.88 Å². The molecule has 0 aliphatic rings. The molecule has 3 rings (SSSR count). The number of benzene rings is 2. The minimum absolute atomic E-state index is 0.0812. The van der Waals surface area contributed by atoms with Crippen LogP contribution in [0.15, 0.2) is 65.5 Å². The normalized spacial score (nSPS) is 11.7. The molecule has 1 N–H and O–H groups in total. The molecule has 1 aromatic heterocycles. The van der Waals surface area contributed by atoms with Crippen LogP contribution in [-0.2, 0) is 4.79 Å². The summed E-state index contributed by atoms with van der Waals surface area (Å²) in [4.78, 5) is 24.3. The van der Waals surface area contributed by atoms with Gasteiger partial charge in [-0.2, -0.15) is 4.68 Å². The molecule has 0 bridgehead atoms. The van der Waals surface area contributed by atoms with Crippen molar-refractivity contribution in [3.05, 3.63) is 81.9 Å². The third-order valence-corrected chi connectivity index (χ3v) is 3.88. The minimum atomic E-state index is -0.868. The van der Waals surface area contributed by atoms with Gasteiger partial charge >= 0.3 is 0 Å². The minimum Gasteiger partial charge on any atom is -0.463 e. The first-order chi connectivity index (χ1) is 12.9. The van der Waals surface area contributed by atoms with Crippen LogP contribution in [-0.4, -0.2) is 21.8 Å². The average Bonchev–Trinajstić information content (AvgIpc) is 2.66. The Hall–Kier alpha value is -3.19. The van der Waals surface area contributed by atoms with Crippen molar-refractivity contribution >= 4 is 23.2 Å². The summed E-state index contributed by atoms with van der Waals surface area (Å²) in [6.45, 7) is 1.56. The lowest BCUT2D eigenvalue weighted by Gasteiger charge is -2.15. The van der Waals surface area contributed by atoms with Crippen LogP contribution in [0.3, 0.4) is 0 Å². The van der Waals surface area contributed by atoms with Crippen LogP contribution in [0.1, 0.15) is 6.92 Å². The molecule has 1 heterocycles. The monoisotopic (exact) mass is 387 g/mol. The Bertz CT molecular complexity index is 1000. The average molecular weight is 388 g/mol. The summed E-state index contributed by atoms with van der Waals surface area (Å²) in [5, 5.41) is 7.33. The van der Waals surface area contributed by atoms with Crippen molar-refractivity contribution in [1.29, 1.82) is 0 Å². The van der Waals surface area contributed by atoms with E-state index in [0.29, 0.717) is 16.4 Å². The van der Waals surface area contributed by atoms with Crippen LogP contribution in [0.5, 0.6) is 5.88 Å². The summed E-state index contributed by atoms with van der Waals surface area (Å²) < 4.78 is 19.7. The van der Waals surface area contributed by atoms with E-state index in [0.717, 1.165) is 4.68 Å². The van der Waals surface area contributed by atoms with Crippen LogP contribution in [0.2, 0.25) is 5.02 Å². The second kappa shape index (κ2) is 8.01. The zero-order chi connectivity index (χ0) is 19.4. The van der Waals surface area contributed by atoms with E-state index >= 15 is 0 Å². The number of nitrogens with one attached hydrogen (secondary N) is 1. The lowest BCUT2D eigenvalue weighted by Crippen LogP contribution is -2.31. The zero-order valence-electron chi connectivity index (χ0n) is 14.2. The number of halogens is 2. The molecule has 0 spiro atoms. The van der Waals surface area contributed by atoms with Gasteiger partial charge in [0, 0.05) is 22.8 Å². The number of carbonyl (C=O) groups is 1. The smallest absolute Gasteiger partial charge is 0.271 e. The molecular formula is C19H15ClFN3O3. The third kappa shape index (κ3) is 4.71. The van der Waals surface area contributed by atoms with Gasteiger partial charge in [-0.15, -0.1) is 5.10 Å². The van der Waals surface area contributed by atoms with Gasteiger partial charge in [-0.05, 0) is 55.5 Å². The molecule has 0 aliphatic carbocycles. The molecule has 0 fully saturated rings. The molecule has 0 radical (unpaired) electrons. The highest BCUT2D eigenvalue weighted by Gasteiger charge is 2.16. The van der Waals surface area contributed by atoms with Crippen molar-refractivity contribution < 1.29 is 13.9 Å². The highest BCUT2D eigenvalue weighted by Crippen LogP contribution is 2.15. The van der Waals surface area contributed by atoms with E-state index in [1.165, 1.54) is 36.4 Å². The fraction of sp³-hybridized carbons (Fsp3) is 0.105. The molecule has 138 valence electrons. The Morgan fingerprint density at radius 2 is 1.78 bits per heavy atom. The van der Waals surface area contributed by atoms with Crippen molar-refractivity contribution in [2.75, 3.05) is 5.32 Å². The van der Waals surface area contributed by atoms with Crippen molar-refractivity contribution in [3.8, 4) is 11.6 Å². The molecule has 3 aromatic rings. The van der Waals surface area contributed by atoms with E-state index in [1.807, 2.05) is 0 Å². The predicted octanol–water partition coefficient (Wildman–Crippen LogP) is 3.43. The van der Waals surface area contributed by atoms with Gasteiger partial charge in [-0.1, -0.05) is 11.6 Å². The first kappa shape index (κ1) is 18.6. The lowest BCUT2D eigenvalue weighted by atomic mass is 10.3. The number of nitrogens with zero attached hydrogens (tertiary/aromatic N) is 2. The molecule has 0 unspecified atom stereocenters. The van der Waals surface area contributed by atoms with Crippen molar-refractivity contribution in [2.45, 2.75) is 13.0 Å². The van der Waals surface area contributed by atoms with Crippen molar-refractivity contribution in [2.24, 2.45) is 0 Å². The molecule has 0 aliphatic heterocycles. The number of carbonyl (C=O) groups excluding carboxylic acids is 1. The number of ether oxygens (including phenoxy) is 1. The fourth-order valence-electron chi connectivity index (χ4n) is 2.24. The highest BCUT2D eigenvalue weighted by atomic mass is 35.5. The van der Waals surface area contributed by atoms with E-state index < -0.39 is 23.4 Å². The molecule has 1 amide bonds. The predicted molar refractivity (Wildman–Crippen MR) is 100.0 cm³/mol. The summed E-state index contributed by atoms with van der Waals surface area (Å²) in [5.41, 5.74) is 0.543. The highest BCUT2D eigenvalue weighted by molar-refractivity contribution is 6.30. The quantitative estimate of drug-likeness (QED) is 0.728. The van der Waals surface area contributed by atoms with Gasteiger partial charge in [0.1, 0.15) is 5.82 Å². The van der Waals surface area contributed by atoms with Crippen LogP contribution < -0.4 is 15.6 Å². The maximum absolute atomic E-state index is 13.1. The molecule has 6 nitrogen and oxygen atoms in total. The van der Waals surface area contributed by atoms with Gasteiger partial charge in [-0.3, -0.25) is 9.59 Å². The van der Waals surface area contributed by atoms with Crippen LogP contribution >= 0.6 is 11.6 Å². The zero-order valence-corrected chi connectivity index (χ0v) is 15.0. The topological polar surface area (TPSA) is 73.2 Å². The third-order valence-electron chi connectivity index (χ3n) is 3.63. The summed E-state index contributed by atoms with van der Waals surface area (Å²) in [5.74, 6) is -0.733. The van der Waals surface area contributed by atoms with Gasteiger partial charge in [0.05, 0.1) is 5.69 Å². The number of hydrogen-bond donors (Lipinski definition) is 1. The number of rotatable bonds is 5. The van der Waals surface area contributed by atoms with Gasteiger partial charge < -0.3 is 10.1 Å². The lowest BCUT2D eigenvalue weighted by molar-refractivity contribution is -0.122. The Kier molecular flexibility index (Phi) is 5.52. The van der Waals surface area contributed by atoms with Gasteiger partial charge in [0.15, 0.2) is 6.10 Å². The summed E-state index contributed by atoms with van der Waals surface area (Å²) >= 11 is 5.81. The summed E-state index contributed by atoms with van der Waals surface area (Å²) in [6, 6.07) is 14.6. The second-order valence-corrected chi connectivity index (χ2v) is 6.09. The van der Waals surface area contributed by atoms with Crippen molar-refractivity contribution in [3.63, 3.8) is 0 Å². The van der Waals surface area contributed by atoms with Crippen LogP contribution in [0, 0.1) is 5.82 Å². The standard InChI is InChI=1S/C19H15ClFN3O3/c1-12(19(26)22-15-6-2-13(20)3-7-15)27-17-10-11-18(25)24(23-17)16-8-4-14(21)5-9-16/h2-12H,1H3,(H,22,26)/t12-/m1/s1. The Morgan fingerprint density at radius 1 is 1.11 bits per heavy atom. The Balaban J connectivity index is 1.74. The SMILES string of the molecule is C[C@@H](Oc1ccc(=O)n(-c2ccc(F)cc2)n1)C(=O)Nc1ccc(Cl)cc1. The molecule has 8 heteroatoms. The maximum atomic E-state index is 13.1.